The smallest absolute Gasteiger partial charge is 0.0524 e. The minimum absolute atomic E-state index is 0.190. The molecule has 0 heterocycles. The van der Waals surface area contributed by atoms with Crippen LogP contribution in [0.1, 0.15) is 79.8 Å². The van der Waals surface area contributed by atoms with Crippen LogP contribution in [0.4, 0.5) is 0 Å². The maximum Gasteiger partial charge on any atom is 0.0524 e. The fourth-order valence-electron chi connectivity index (χ4n) is 4.20. The Morgan fingerprint density at radius 3 is 1.95 bits per heavy atom. The lowest BCUT2D eigenvalue weighted by atomic mass is 9.78. The normalized spacial score (nSPS) is 20.7. The Bertz CT molecular complexity index is 617. The zero-order chi connectivity index (χ0) is 16.1. The first-order valence-electron chi connectivity index (χ1n) is 8.12. The van der Waals surface area contributed by atoms with Crippen molar-refractivity contribution in [2.24, 2.45) is 0 Å². The lowest BCUT2D eigenvalue weighted by Gasteiger charge is -2.33. The zero-order valence-corrected chi connectivity index (χ0v) is 15.6. The molecule has 0 fully saturated rings. The predicted molar refractivity (Wildman–Crippen MR) is 95.6 cm³/mol. The summed E-state index contributed by atoms with van der Waals surface area (Å²) in [5.74, 6) is 0.354. The Kier molecular flexibility index (Phi) is 4.32. The fourth-order valence-corrected chi connectivity index (χ4v) is 4.66. The summed E-state index contributed by atoms with van der Waals surface area (Å²) in [7, 11) is 0. The third-order valence-electron chi connectivity index (χ3n) is 5.76. The number of hydrogen-bond donors (Lipinski definition) is 0. The molecule has 0 amide bonds. The van der Waals surface area contributed by atoms with Crippen molar-refractivity contribution in [1.82, 2.24) is 0 Å². The molecular weight excluding hydrogens is 276 g/mol. The summed E-state index contributed by atoms with van der Waals surface area (Å²) in [5, 5.41) is 0. The van der Waals surface area contributed by atoms with Crippen LogP contribution in [0.3, 0.4) is 0 Å². The van der Waals surface area contributed by atoms with Gasteiger partial charge in [0, 0.05) is 5.92 Å². The summed E-state index contributed by atoms with van der Waals surface area (Å²) in [4.78, 5) is -0.190. The summed E-state index contributed by atoms with van der Waals surface area (Å²) >= 11 is 7.01. The van der Waals surface area contributed by atoms with E-state index in [1.54, 1.807) is 0 Å². The van der Waals surface area contributed by atoms with Crippen molar-refractivity contribution in [3.8, 4) is 0 Å². The van der Waals surface area contributed by atoms with E-state index in [9.17, 15) is 0 Å². The van der Waals surface area contributed by atoms with Crippen molar-refractivity contribution in [3.63, 3.8) is 0 Å². The molecule has 1 heteroatoms. The number of fused-ring (bicyclic) bond motifs is 1. The molecule has 1 aliphatic carbocycles. The van der Waals surface area contributed by atoms with Crippen molar-refractivity contribution < 1.29 is 0 Å². The molecule has 0 N–H and O–H groups in total. The van der Waals surface area contributed by atoms with Crippen molar-refractivity contribution in [1.29, 1.82) is 0 Å². The lowest BCUT2D eigenvalue weighted by Crippen LogP contribution is -2.27. The fraction of sp³-hybridized carbons (Fsp3) is 0.600. The summed E-state index contributed by atoms with van der Waals surface area (Å²) in [6, 6.07) is 0. The average molecular weight is 305 g/mol. The van der Waals surface area contributed by atoms with E-state index in [-0.39, 0.29) is 4.87 Å². The molecule has 0 spiro atoms. The molecule has 116 valence electrons. The van der Waals surface area contributed by atoms with Gasteiger partial charge in [-0.15, -0.1) is 11.6 Å². The lowest BCUT2D eigenvalue weighted by molar-refractivity contribution is 0.504. The molecule has 0 nitrogen and oxygen atoms in total. The van der Waals surface area contributed by atoms with Crippen LogP contribution in [0.5, 0.6) is 0 Å². The van der Waals surface area contributed by atoms with Gasteiger partial charge >= 0.3 is 0 Å². The van der Waals surface area contributed by atoms with Crippen molar-refractivity contribution in [2.75, 3.05) is 0 Å². The second-order valence-corrected chi connectivity index (χ2v) is 7.92. The maximum atomic E-state index is 7.01. The summed E-state index contributed by atoms with van der Waals surface area (Å²) in [6.45, 7) is 18.0. The molecule has 1 aromatic carbocycles. The van der Waals surface area contributed by atoms with E-state index < -0.39 is 0 Å². The van der Waals surface area contributed by atoms with Crippen LogP contribution in [0, 0.1) is 27.7 Å². The van der Waals surface area contributed by atoms with Gasteiger partial charge in [0.25, 0.3) is 0 Å². The third-order valence-corrected chi connectivity index (χ3v) is 6.17. The second kappa shape index (κ2) is 5.47. The Balaban J connectivity index is 2.78. The number of hydrogen-bond acceptors (Lipinski definition) is 0. The van der Waals surface area contributed by atoms with Gasteiger partial charge in [-0.2, -0.15) is 0 Å². The highest BCUT2D eigenvalue weighted by atomic mass is 35.5. The van der Waals surface area contributed by atoms with Crippen molar-refractivity contribution in [3.05, 3.63) is 39.0 Å². The molecule has 0 saturated carbocycles. The Labute approximate surface area is 135 Å². The van der Waals surface area contributed by atoms with Gasteiger partial charge in [-0.05, 0) is 93.8 Å². The van der Waals surface area contributed by atoms with E-state index in [2.05, 4.69) is 55.4 Å². The summed E-state index contributed by atoms with van der Waals surface area (Å²) < 4.78 is 0. The van der Waals surface area contributed by atoms with Crippen LogP contribution in [0.25, 0.3) is 5.57 Å². The molecule has 0 bridgehead atoms. The van der Waals surface area contributed by atoms with Crippen LogP contribution in [0.15, 0.2) is 5.57 Å². The van der Waals surface area contributed by atoms with Crippen LogP contribution in [-0.2, 0) is 0 Å². The molecule has 2 rings (SSSR count). The molecule has 21 heavy (non-hydrogen) atoms. The number of alkyl halides is 1. The van der Waals surface area contributed by atoms with Crippen LogP contribution in [-0.4, -0.2) is 4.87 Å². The van der Waals surface area contributed by atoms with Gasteiger partial charge in [0.05, 0.1) is 4.87 Å². The molecule has 0 aromatic heterocycles. The van der Waals surface area contributed by atoms with Crippen LogP contribution < -0.4 is 0 Å². The van der Waals surface area contributed by atoms with E-state index in [0.717, 1.165) is 12.8 Å². The minimum Gasteiger partial charge on any atom is -0.119 e. The molecule has 0 saturated heterocycles. The number of benzene rings is 1. The molecule has 1 aromatic rings. The van der Waals surface area contributed by atoms with Crippen LogP contribution in [0.2, 0.25) is 0 Å². The Hall–Kier alpha value is -0.750. The predicted octanol–water partition coefficient (Wildman–Crippen LogP) is 6.61. The van der Waals surface area contributed by atoms with Crippen LogP contribution >= 0.6 is 11.6 Å². The van der Waals surface area contributed by atoms with E-state index in [4.69, 9.17) is 11.6 Å². The SMILES string of the molecule is CCCC(C)(Cl)C1C(C)=C(C)c2c(C)c(C)c(C)c(C)c21. The highest BCUT2D eigenvalue weighted by molar-refractivity contribution is 6.24. The zero-order valence-electron chi connectivity index (χ0n) is 14.9. The van der Waals surface area contributed by atoms with Gasteiger partial charge in [-0.25, -0.2) is 0 Å². The topological polar surface area (TPSA) is 0 Å². The molecule has 0 aliphatic heterocycles. The Morgan fingerprint density at radius 1 is 0.905 bits per heavy atom. The standard InChI is InChI=1S/C20H29Cl/c1-9-10-20(8,21)19-16(7)15(6)17-13(4)11(2)12(3)14(5)18(17)19/h19H,9-10H2,1-8H3. The first kappa shape index (κ1) is 16.6. The van der Waals surface area contributed by atoms with Gasteiger partial charge in [0.2, 0.25) is 0 Å². The number of halogens is 1. The molecular formula is C20H29Cl. The second-order valence-electron chi connectivity index (χ2n) is 7.06. The highest BCUT2D eigenvalue weighted by Crippen LogP contribution is 2.53. The first-order chi connectivity index (χ1) is 9.65. The molecule has 0 radical (unpaired) electrons. The van der Waals surface area contributed by atoms with Gasteiger partial charge in [-0.3, -0.25) is 0 Å². The van der Waals surface area contributed by atoms with E-state index in [0.29, 0.717) is 5.92 Å². The van der Waals surface area contributed by atoms with E-state index >= 15 is 0 Å². The highest BCUT2D eigenvalue weighted by Gasteiger charge is 2.41. The monoisotopic (exact) mass is 304 g/mol. The molecule has 2 atom stereocenters. The quantitative estimate of drug-likeness (QED) is 0.551. The number of allylic oxidation sites excluding steroid dienone is 2. The largest absolute Gasteiger partial charge is 0.119 e. The van der Waals surface area contributed by atoms with Gasteiger partial charge in [0.15, 0.2) is 0 Å². The summed E-state index contributed by atoms with van der Waals surface area (Å²) in [5.41, 5.74) is 11.6. The van der Waals surface area contributed by atoms with Crippen molar-refractivity contribution >= 4 is 17.2 Å². The van der Waals surface area contributed by atoms with Crippen molar-refractivity contribution in [2.45, 2.75) is 79.0 Å². The minimum atomic E-state index is -0.190. The van der Waals surface area contributed by atoms with E-state index in [1.165, 1.54) is 44.5 Å². The Morgan fingerprint density at radius 2 is 1.43 bits per heavy atom. The average Bonchev–Trinajstić information content (AvgIpc) is 2.67. The maximum absolute atomic E-state index is 7.01. The number of rotatable bonds is 3. The van der Waals surface area contributed by atoms with Gasteiger partial charge < -0.3 is 0 Å². The van der Waals surface area contributed by atoms with Gasteiger partial charge in [-0.1, -0.05) is 18.9 Å². The van der Waals surface area contributed by atoms with Gasteiger partial charge in [0.1, 0.15) is 0 Å². The molecule has 1 aliphatic rings. The molecule has 2 unspecified atom stereocenters. The first-order valence-corrected chi connectivity index (χ1v) is 8.49. The summed E-state index contributed by atoms with van der Waals surface area (Å²) in [6.07, 6.45) is 2.18. The van der Waals surface area contributed by atoms with E-state index in [1.807, 2.05) is 0 Å². The third kappa shape index (κ3) is 2.36.